The Hall–Kier alpha value is -3.36. The highest BCUT2D eigenvalue weighted by atomic mass is 35.5. The van der Waals surface area contributed by atoms with Gasteiger partial charge in [0.2, 0.25) is 0 Å². The molecule has 0 saturated heterocycles. The summed E-state index contributed by atoms with van der Waals surface area (Å²) >= 11 is 5.92. The highest BCUT2D eigenvalue weighted by Crippen LogP contribution is 2.35. The number of carbonyl (C=O) groups excluding carboxylic acids is 1. The minimum absolute atomic E-state index is 0.0460. The number of hydrogen-bond acceptors (Lipinski definition) is 2. The maximum absolute atomic E-state index is 12.7. The van der Waals surface area contributed by atoms with Crippen LogP contribution in [0.2, 0.25) is 5.02 Å². The van der Waals surface area contributed by atoms with Crippen LogP contribution in [-0.4, -0.2) is 5.78 Å². The first-order chi connectivity index (χ1) is 16.5. The first-order valence-electron chi connectivity index (χ1n) is 11.8. The zero-order valence-electron chi connectivity index (χ0n) is 20.9. The van der Waals surface area contributed by atoms with Gasteiger partial charge in [0.25, 0.3) is 0 Å². The van der Waals surface area contributed by atoms with E-state index in [1.807, 2.05) is 24.3 Å². The predicted octanol–water partition coefficient (Wildman–Crippen LogP) is 8.99. The average Bonchev–Trinajstić information content (AvgIpc) is 2.84. The molecule has 0 atom stereocenters. The van der Waals surface area contributed by atoms with Crippen LogP contribution in [0.25, 0.3) is 0 Å². The lowest BCUT2D eigenvalue weighted by atomic mass is 9.76. The number of ether oxygens (including phenoxy) is 1. The summed E-state index contributed by atoms with van der Waals surface area (Å²) in [4.78, 5) is 12.7. The highest BCUT2D eigenvalue weighted by molar-refractivity contribution is 6.30. The zero-order valence-corrected chi connectivity index (χ0v) is 21.7. The topological polar surface area (TPSA) is 26.3 Å². The zero-order chi connectivity index (χ0) is 25.2. The summed E-state index contributed by atoms with van der Waals surface area (Å²) in [5.74, 6) is 1.39. The average molecular weight is 483 g/mol. The van der Waals surface area contributed by atoms with Gasteiger partial charge < -0.3 is 4.74 Å². The second-order valence-electron chi connectivity index (χ2n) is 10.4. The predicted molar refractivity (Wildman–Crippen MR) is 145 cm³/mol. The lowest BCUT2D eigenvalue weighted by Gasteiger charge is -2.29. The Balaban J connectivity index is 1.47. The third-order valence-electron chi connectivity index (χ3n) is 6.48. The molecule has 0 N–H and O–H groups in total. The van der Waals surface area contributed by atoms with Gasteiger partial charge in [0.1, 0.15) is 11.5 Å². The molecule has 178 valence electrons. The van der Waals surface area contributed by atoms with Gasteiger partial charge in [0, 0.05) is 21.6 Å². The van der Waals surface area contributed by atoms with Crippen molar-refractivity contribution in [3.8, 4) is 11.5 Å². The van der Waals surface area contributed by atoms with Crippen molar-refractivity contribution in [2.45, 2.75) is 45.4 Å². The molecular weight excluding hydrogens is 452 g/mol. The number of hydrogen-bond donors (Lipinski definition) is 0. The Morgan fingerprint density at radius 2 is 1.11 bits per heavy atom. The van der Waals surface area contributed by atoms with Crippen LogP contribution in [0.15, 0.2) is 97.1 Å². The monoisotopic (exact) mass is 482 g/mol. The van der Waals surface area contributed by atoms with E-state index in [4.69, 9.17) is 16.3 Å². The van der Waals surface area contributed by atoms with Crippen molar-refractivity contribution in [3.63, 3.8) is 0 Å². The Kier molecular flexibility index (Phi) is 6.87. The van der Waals surface area contributed by atoms with Crippen LogP contribution >= 0.6 is 11.6 Å². The molecule has 0 aliphatic carbocycles. The second-order valence-corrected chi connectivity index (χ2v) is 10.9. The summed E-state index contributed by atoms with van der Waals surface area (Å²) < 4.78 is 6.04. The SMILES string of the molecule is CC(C)(C)c1cccc(C(C)(C)c2ccc(Oc3ccc(C(=O)c4ccc(Cl)cc4)cc3)cc2)c1. The van der Waals surface area contributed by atoms with Crippen molar-refractivity contribution in [2.24, 2.45) is 0 Å². The molecule has 0 saturated carbocycles. The third kappa shape index (κ3) is 5.66. The minimum Gasteiger partial charge on any atom is -0.457 e. The van der Waals surface area contributed by atoms with Crippen LogP contribution in [0, 0.1) is 0 Å². The molecule has 0 aliphatic heterocycles. The minimum atomic E-state index is -0.135. The molecule has 0 aliphatic rings. The molecule has 0 radical (unpaired) electrons. The Morgan fingerprint density at radius 3 is 1.66 bits per heavy atom. The van der Waals surface area contributed by atoms with Crippen molar-refractivity contribution in [1.29, 1.82) is 0 Å². The lowest BCUT2D eigenvalue weighted by molar-refractivity contribution is 0.103. The lowest BCUT2D eigenvalue weighted by Crippen LogP contribution is -2.20. The van der Waals surface area contributed by atoms with Crippen LogP contribution in [0.1, 0.15) is 67.2 Å². The first kappa shape index (κ1) is 24.8. The Bertz CT molecular complexity index is 1310. The molecule has 0 bridgehead atoms. The molecule has 4 aromatic carbocycles. The van der Waals surface area contributed by atoms with E-state index in [1.54, 1.807) is 36.4 Å². The van der Waals surface area contributed by atoms with Gasteiger partial charge in [-0.05, 0) is 82.8 Å². The van der Waals surface area contributed by atoms with E-state index in [2.05, 4.69) is 71.0 Å². The van der Waals surface area contributed by atoms with Crippen LogP contribution in [-0.2, 0) is 10.8 Å². The maximum atomic E-state index is 12.7. The molecule has 2 nitrogen and oxygen atoms in total. The summed E-state index contributed by atoms with van der Waals surface area (Å²) in [7, 11) is 0. The van der Waals surface area contributed by atoms with E-state index in [0.29, 0.717) is 21.9 Å². The van der Waals surface area contributed by atoms with Gasteiger partial charge in [-0.3, -0.25) is 4.79 Å². The number of rotatable bonds is 6. The summed E-state index contributed by atoms with van der Waals surface area (Å²) in [6.45, 7) is 11.2. The number of carbonyl (C=O) groups is 1. The van der Waals surface area contributed by atoms with Crippen molar-refractivity contribution in [2.75, 3.05) is 0 Å². The van der Waals surface area contributed by atoms with Gasteiger partial charge >= 0.3 is 0 Å². The molecule has 0 spiro atoms. The van der Waals surface area contributed by atoms with E-state index in [-0.39, 0.29) is 16.6 Å². The molecule has 0 unspecified atom stereocenters. The highest BCUT2D eigenvalue weighted by Gasteiger charge is 2.25. The van der Waals surface area contributed by atoms with E-state index in [9.17, 15) is 4.79 Å². The van der Waals surface area contributed by atoms with Gasteiger partial charge in [0.05, 0.1) is 0 Å². The van der Waals surface area contributed by atoms with E-state index in [0.717, 1.165) is 5.75 Å². The van der Waals surface area contributed by atoms with Gasteiger partial charge in [-0.1, -0.05) is 82.6 Å². The summed E-state index contributed by atoms with van der Waals surface area (Å²) in [5, 5.41) is 0.609. The Labute approximate surface area is 213 Å². The molecule has 0 amide bonds. The van der Waals surface area contributed by atoms with E-state index in [1.165, 1.54) is 16.7 Å². The van der Waals surface area contributed by atoms with Gasteiger partial charge in [-0.15, -0.1) is 0 Å². The fourth-order valence-corrected chi connectivity index (χ4v) is 4.19. The maximum Gasteiger partial charge on any atom is 0.193 e. The molecular formula is C32H31ClO2. The Morgan fingerprint density at radius 1 is 0.629 bits per heavy atom. The van der Waals surface area contributed by atoms with Crippen LogP contribution < -0.4 is 4.74 Å². The number of halogens is 1. The van der Waals surface area contributed by atoms with E-state index >= 15 is 0 Å². The van der Waals surface area contributed by atoms with Crippen LogP contribution in [0.5, 0.6) is 11.5 Å². The fraction of sp³-hybridized carbons (Fsp3) is 0.219. The molecule has 0 heterocycles. The van der Waals surface area contributed by atoms with Gasteiger partial charge in [-0.25, -0.2) is 0 Å². The molecule has 4 aromatic rings. The normalized spacial score (nSPS) is 11.8. The number of ketones is 1. The standard InChI is InChI=1S/C32H31ClO2/c1-31(2,3)25-7-6-8-26(21-25)32(4,5)24-13-19-29(20-14-24)35-28-17-11-23(12-18-28)30(34)22-9-15-27(33)16-10-22/h6-21H,1-5H3. The summed E-state index contributed by atoms with van der Waals surface area (Å²) in [5.41, 5.74) is 5.03. The molecule has 0 aromatic heterocycles. The first-order valence-corrected chi connectivity index (χ1v) is 12.2. The molecule has 4 rings (SSSR count). The smallest absolute Gasteiger partial charge is 0.193 e. The summed E-state index contributed by atoms with van der Waals surface area (Å²) in [6.07, 6.45) is 0. The summed E-state index contributed by atoms with van der Waals surface area (Å²) in [6, 6.07) is 31.2. The third-order valence-corrected chi connectivity index (χ3v) is 6.74. The largest absolute Gasteiger partial charge is 0.457 e. The van der Waals surface area contributed by atoms with Gasteiger partial charge in [0.15, 0.2) is 5.78 Å². The van der Waals surface area contributed by atoms with Gasteiger partial charge in [-0.2, -0.15) is 0 Å². The molecule has 35 heavy (non-hydrogen) atoms. The van der Waals surface area contributed by atoms with Crippen LogP contribution in [0.4, 0.5) is 0 Å². The second kappa shape index (κ2) is 9.71. The molecule has 3 heteroatoms. The quantitative estimate of drug-likeness (QED) is 0.256. The van der Waals surface area contributed by atoms with Crippen molar-refractivity contribution in [1.82, 2.24) is 0 Å². The number of benzene rings is 4. The van der Waals surface area contributed by atoms with Crippen molar-refractivity contribution in [3.05, 3.63) is 130 Å². The van der Waals surface area contributed by atoms with Crippen LogP contribution in [0.3, 0.4) is 0 Å². The fourth-order valence-electron chi connectivity index (χ4n) is 4.06. The van der Waals surface area contributed by atoms with E-state index < -0.39 is 0 Å². The van der Waals surface area contributed by atoms with Crippen molar-refractivity contribution < 1.29 is 9.53 Å². The van der Waals surface area contributed by atoms with Crippen molar-refractivity contribution >= 4 is 17.4 Å². The molecule has 0 fully saturated rings.